The molecule has 6 heteroatoms. The predicted octanol–water partition coefficient (Wildman–Crippen LogP) is 5.30. The first-order chi connectivity index (χ1) is 15.5. The minimum atomic E-state index is -0.141. The number of thioether (sulfide) groups is 1. The zero-order valence-corrected chi connectivity index (χ0v) is 19.2. The maximum Gasteiger partial charge on any atom is 0.266 e. The third-order valence-electron chi connectivity index (χ3n) is 5.56. The first-order valence-electron chi connectivity index (χ1n) is 10.6. The number of anilines is 1. The molecular weight excluding hydrogens is 418 g/mol. The topological polar surface area (TPSA) is 64.0 Å². The van der Waals surface area contributed by atoms with Crippen molar-refractivity contribution in [2.75, 3.05) is 11.1 Å². The van der Waals surface area contributed by atoms with Gasteiger partial charge < -0.3 is 5.32 Å². The molecule has 1 aromatic heterocycles. The number of hydrogen-bond donors (Lipinski definition) is 1. The minimum Gasteiger partial charge on any atom is -0.325 e. The summed E-state index contributed by atoms with van der Waals surface area (Å²) in [6.45, 7) is 6.09. The molecule has 4 aromatic rings. The van der Waals surface area contributed by atoms with Crippen LogP contribution in [-0.4, -0.2) is 21.2 Å². The molecule has 0 fully saturated rings. The van der Waals surface area contributed by atoms with Gasteiger partial charge in [0, 0.05) is 5.69 Å². The number of rotatable bonds is 6. The smallest absolute Gasteiger partial charge is 0.266 e. The normalized spacial score (nSPS) is 11.0. The highest BCUT2D eigenvalue weighted by molar-refractivity contribution is 7.99. The zero-order valence-electron chi connectivity index (χ0n) is 18.4. The average Bonchev–Trinajstić information content (AvgIpc) is 2.81. The molecule has 5 nitrogen and oxygen atoms in total. The van der Waals surface area contributed by atoms with Gasteiger partial charge in [-0.05, 0) is 67.3 Å². The van der Waals surface area contributed by atoms with E-state index in [1.807, 2.05) is 74.5 Å². The minimum absolute atomic E-state index is 0.140. The summed E-state index contributed by atoms with van der Waals surface area (Å²) in [4.78, 5) is 30.7. The Labute approximate surface area is 191 Å². The maximum absolute atomic E-state index is 13.3. The van der Waals surface area contributed by atoms with Crippen molar-refractivity contribution in [2.45, 2.75) is 32.3 Å². The molecule has 0 radical (unpaired) electrons. The lowest BCUT2D eigenvalue weighted by molar-refractivity contribution is -0.113. The Kier molecular flexibility index (Phi) is 6.42. The quantitative estimate of drug-likeness (QED) is 0.325. The van der Waals surface area contributed by atoms with Crippen LogP contribution in [0.2, 0.25) is 0 Å². The van der Waals surface area contributed by atoms with Crippen LogP contribution < -0.4 is 10.9 Å². The van der Waals surface area contributed by atoms with Crippen LogP contribution in [0.3, 0.4) is 0 Å². The van der Waals surface area contributed by atoms with Gasteiger partial charge in [-0.25, -0.2) is 4.98 Å². The van der Waals surface area contributed by atoms with Crippen molar-refractivity contribution >= 4 is 34.3 Å². The molecule has 0 bridgehead atoms. The first-order valence-corrected chi connectivity index (χ1v) is 11.6. The summed E-state index contributed by atoms with van der Waals surface area (Å²) in [6, 6.07) is 21.0. The van der Waals surface area contributed by atoms with E-state index in [1.165, 1.54) is 17.3 Å². The van der Waals surface area contributed by atoms with E-state index in [2.05, 4.69) is 12.2 Å². The van der Waals surface area contributed by atoms with Gasteiger partial charge in [-0.3, -0.25) is 14.2 Å². The molecule has 0 saturated heterocycles. The Hall–Kier alpha value is -3.38. The molecule has 0 aliphatic heterocycles. The Morgan fingerprint density at radius 3 is 2.50 bits per heavy atom. The zero-order chi connectivity index (χ0) is 22.7. The third kappa shape index (κ3) is 4.46. The second-order valence-electron chi connectivity index (χ2n) is 7.66. The number of nitrogens with zero attached hydrogens (tertiary/aromatic N) is 2. The second-order valence-corrected chi connectivity index (χ2v) is 8.60. The molecule has 4 rings (SSSR count). The fourth-order valence-electron chi connectivity index (χ4n) is 3.52. The van der Waals surface area contributed by atoms with Crippen molar-refractivity contribution < 1.29 is 4.79 Å². The van der Waals surface area contributed by atoms with E-state index in [0.29, 0.717) is 16.1 Å². The highest BCUT2D eigenvalue weighted by atomic mass is 32.2. The average molecular weight is 444 g/mol. The summed E-state index contributed by atoms with van der Waals surface area (Å²) in [5, 5.41) is 4.02. The number of fused-ring (bicyclic) bond motifs is 1. The van der Waals surface area contributed by atoms with E-state index in [4.69, 9.17) is 4.98 Å². The molecule has 0 unspecified atom stereocenters. The van der Waals surface area contributed by atoms with Crippen LogP contribution >= 0.6 is 11.8 Å². The summed E-state index contributed by atoms with van der Waals surface area (Å²) in [7, 11) is 0. The Morgan fingerprint density at radius 1 is 1.00 bits per heavy atom. The summed E-state index contributed by atoms with van der Waals surface area (Å²) < 4.78 is 1.59. The van der Waals surface area contributed by atoms with Crippen LogP contribution in [0, 0.1) is 13.8 Å². The van der Waals surface area contributed by atoms with Crippen molar-refractivity contribution in [1.29, 1.82) is 0 Å². The number of carbonyl (C=O) groups is 1. The second kappa shape index (κ2) is 9.40. The van der Waals surface area contributed by atoms with Crippen LogP contribution in [0.5, 0.6) is 0 Å². The van der Waals surface area contributed by atoms with Gasteiger partial charge in [-0.15, -0.1) is 0 Å². The number of carbonyl (C=O) groups excluding carboxylic acids is 1. The molecule has 3 aromatic carbocycles. The largest absolute Gasteiger partial charge is 0.325 e. The number of aryl methyl sites for hydroxylation is 2. The summed E-state index contributed by atoms with van der Waals surface area (Å²) >= 11 is 1.26. The standard InChI is InChI=1S/C26H25N3O2S/c1-4-19-12-14-20(15-13-19)29-25(31)21-9-5-6-10-23(21)28-26(29)32-16-24(30)27-22-11-7-8-17(2)18(22)3/h5-15H,4,16H2,1-3H3,(H,27,30). The van der Waals surface area contributed by atoms with Crippen molar-refractivity contribution in [2.24, 2.45) is 0 Å². The molecule has 1 N–H and O–H groups in total. The first kappa shape index (κ1) is 21.8. The fraction of sp³-hybridized carbons (Fsp3) is 0.192. The van der Waals surface area contributed by atoms with E-state index >= 15 is 0 Å². The number of aromatic nitrogens is 2. The van der Waals surface area contributed by atoms with Crippen molar-refractivity contribution in [3.05, 3.63) is 93.8 Å². The van der Waals surface area contributed by atoms with Gasteiger partial charge in [0.2, 0.25) is 5.91 Å². The Bertz CT molecular complexity index is 1340. The summed E-state index contributed by atoms with van der Waals surface area (Å²) in [6.07, 6.45) is 0.922. The molecule has 0 spiro atoms. The van der Waals surface area contributed by atoms with Crippen LogP contribution in [0.4, 0.5) is 5.69 Å². The third-order valence-corrected chi connectivity index (χ3v) is 6.50. The monoisotopic (exact) mass is 443 g/mol. The highest BCUT2D eigenvalue weighted by Gasteiger charge is 2.15. The Morgan fingerprint density at radius 2 is 1.75 bits per heavy atom. The van der Waals surface area contributed by atoms with Gasteiger partial charge in [-0.1, -0.05) is 55.1 Å². The highest BCUT2D eigenvalue weighted by Crippen LogP contribution is 2.23. The molecule has 0 aliphatic rings. The molecule has 162 valence electrons. The molecule has 0 aliphatic carbocycles. The number of amides is 1. The number of nitrogens with one attached hydrogen (secondary N) is 1. The van der Waals surface area contributed by atoms with Gasteiger partial charge >= 0.3 is 0 Å². The van der Waals surface area contributed by atoms with Crippen LogP contribution in [0.25, 0.3) is 16.6 Å². The molecular formula is C26H25N3O2S. The molecule has 0 saturated carbocycles. The van der Waals surface area contributed by atoms with E-state index in [0.717, 1.165) is 28.9 Å². The Balaban J connectivity index is 1.67. The lowest BCUT2D eigenvalue weighted by Crippen LogP contribution is -2.23. The molecule has 1 heterocycles. The molecule has 1 amide bonds. The summed E-state index contributed by atoms with van der Waals surface area (Å²) in [5.41, 5.74) is 5.38. The van der Waals surface area contributed by atoms with Crippen LogP contribution in [0.1, 0.15) is 23.6 Å². The predicted molar refractivity (Wildman–Crippen MR) is 132 cm³/mol. The van der Waals surface area contributed by atoms with Gasteiger partial charge in [-0.2, -0.15) is 0 Å². The van der Waals surface area contributed by atoms with Gasteiger partial charge in [0.1, 0.15) is 0 Å². The number of benzene rings is 3. The summed E-state index contributed by atoms with van der Waals surface area (Å²) in [5.74, 6) is 0.00423. The lowest BCUT2D eigenvalue weighted by atomic mass is 10.1. The molecule has 32 heavy (non-hydrogen) atoms. The van der Waals surface area contributed by atoms with E-state index in [9.17, 15) is 9.59 Å². The lowest BCUT2D eigenvalue weighted by Gasteiger charge is -2.14. The van der Waals surface area contributed by atoms with E-state index < -0.39 is 0 Å². The number of hydrogen-bond acceptors (Lipinski definition) is 4. The molecule has 0 atom stereocenters. The SMILES string of the molecule is CCc1ccc(-n2c(SCC(=O)Nc3cccc(C)c3C)nc3ccccc3c2=O)cc1. The van der Waals surface area contributed by atoms with E-state index in [1.54, 1.807) is 10.6 Å². The van der Waals surface area contributed by atoms with E-state index in [-0.39, 0.29) is 17.2 Å². The van der Waals surface area contributed by atoms with Crippen LogP contribution in [-0.2, 0) is 11.2 Å². The van der Waals surface area contributed by atoms with Gasteiger partial charge in [0.05, 0.1) is 22.3 Å². The number of para-hydroxylation sites is 1. The van der Waals surface area contributed by atoms with Crippen molar-refractivity contribution in [3.63, 3.8) is 0 Å². The van der Waals surface area contributed by atoms with Gasteiger partial charge in [0.25, 0.3) is 5.56 Å². The van der Waals surface area contributed by atoms with Gasteiger partial charge in [0.15, 0.2) is 5.16 Å². The fourth-order valence-corrected chi connectivity index (χ4v) is 4.33. The maximum atomic E-state index is 13.3. The van der Waals surface area contributed by atoms with Crippen molar-refractivity contribution in [3.8, 4) is 5.69 Å². The van der Waals surface area contributed by atoms with Crippen LogP contribution in [0.15, 0.2) is 76.7 Å². The van der Waals surface area contributed by atoms with Crippen molar-refractivity contribution in [1.82, 2.24) is 9.55 Å².